The van der Waals surface area contributed by atoms with Crippen LogP contribution in [-0.4, -0.2) is 33.7 Å². The van der Waals surface area contributed by atoms with Crippen molar-refractivity contribution in [2.24, 2.45) is 0 Å². The van der Waals surface area contributed by atoms with Crippen LogP contribution in [-0.2, 0) is 14.8 Å². The van der Waals surface area contributed by atoms with Crippen molar-refractivity contribution in [1.29, 1.82) is 0 Å². The van der Waals surface area contributed by atoms with Crippen LogP contribution >= 0.6 is 11.6 Å². The highest BCUT2D eigenvalue weighted by molar-refractivity contribution is 7.92. The second-order valence-corrected chi connectivity index (χ2v) is 8.07. The molecule has 0 bridgehead atoms. The first-order chi connectivity index (χ1) is 12.7. The smallest absolute Gasteiger partial charge is 0.248 e. The first kappa shape index (κ1) is 21.0. The van der Waals surface area contributed by atoms with Crippen LogP contribution in [0.15, 0.2) is 42.5 Å². The number of sulfonamides is 1. The van der Waals surface area contributed by atoms with Gasteiger partial charge in [-0.2, -0.15) is 0 Å². The van der Waals surface area contributed by atoms with Gasteiger partial charge >= 0.3 is 0 Å². The number of rotatable bonds is 7. The lowest BCUT2D eigenvalue weighted by molar-refractivity contribution is -0.117. The third-order valence-electron chi connectivity index (χ3n) is 3.84. The number of amides is 1. The van der Waals surface area contributed by atoms with E-state index in [1.54, 1.807) is 31.2 Å². The van der Waals surface area contributed by atoms with Crippen LogP contribution in [0.25, 0.3) is 0 Å². The fourth-order valence-corrected chi connectivity index (χ4v) is 3.98. The summed E-state index contributed by atoms with van der Waals surface area (Å²) in [6.45, 7) is 1.70. The predicted molar refractivity (Wildman–Crippen MR) is 104 cm³/mol. The monoisotopic (exact) mass is 414 g/mol. The lowest BCUT2D eigenvalue weighted by Gasteiger charge is -2.30. The topological polar surface area (TPSA) is 75.7 Å². The largest absolute Gasteiger partial charge is 0.497 e. The maximum absolute atomic E-state index is 13.3. The van der Waals surface area contributed by atoms with Gasteiger partial charge in [0.05, 0.1) is 24.1 Å². The predicted octanol–water partition coefficient (Wildman–Crippen LogP) is 3.67. The summed E-state index contributed by atoms with van der Waals surface area (Å²) in [5, 5.41) is 2.44. The summed E-state index contributed by atoms with van der Waals surface area (Å²) in [5.41, 5.74) is 0.602. The van der Waals surface area contributed by atoms with Crippen LogP contribution in [0.3, 0.4) is 0 Å². The normalized spacial score (nSPS) is 12.3. The minimum Gasteiger partial charge on any atom is -0.497 e. The number of ether oxygens (including phenoxy) is 1. The fourth-order valence-electron chi connectivity index (χ4n) is 2.59. The van der Waals surface area contributed by atoms with E-state index in [4.69, 9.17) is 16.3 Å². The van der Waals surface area contributed by atoms with E-state index in [1.807, 2.05) is 0 Å². The van der Waals surface area contributed by atoms with Crippen molar-refractivity contribution in [2.45, 2.75) is 19.4 Å². The van der Waals surface area contributed by atoms with Crippen molar-refractivity contribution in [3.05, 3.63) is 53.3 Å². The van der Waals surface area contributed by atoms with Gasteiger partial charge < -0.3 is 10.1 Å². The maximum Gasteiger partial charge on any atom is 0.248 e. The number of anilines is 2. The highest BCUT2D eigenvalue weighted by Crippen LogP contribution is 2.26. The second kappa shape index (κ2) is 8.58. The van der Waals surface area contributed by atoms with Crippen LogP contribution in [0.1, 0.15) is 13.3 Å². The SMILES string of the molecule is CC[C@H](C(=O)Nc1ccc(F)c(Cl)c1)N(c1ccc(OC)cc1)S(C)(=O)=O. The number of hydrogen-bond donors (Lipinski definition) is 1. The molecule has 0 aromatic heterocycles. The molecule has 2 aromatic carbocycles. The summed E-state index contributed by atoms with van der Waals surface area (Å²) in [4.78, 5) is 12.7. The average molecular weight is 415 g/mol. The van der Waals surface area contributed by atoms with Gasteiger partial charge in [-0.1, -0.05) is 18.5 Å². The van der Waals surface area contributed by atoms with E-state index in [2.05, 4.69) is 5.32 Å². The van der Waals surface area contributed by atoms with Crippen molar-refractivity contribution in [3.63, 3.8) is 0 Å². The number of nitrogens with zero attached hydrogens (tertiary/aromatic N) is 1. The molecule has 0 aliphatic heterocycles. The Kier molecular flexibility index (Phi) is 6.67. The van der Waals surface area contributed by atoms with Crippen LogP contribution in [0.2, 0.25) is 5.02 Å². The van der Waals surface area contributed by atoms with E-state index in [-0.39, 0.29) is 17.1 Å². The van der Waals surface area contributed by atoms with Crippen molar-refractivity contribution in [3.8, 4) is 5.75 Å². The molecule has 0 saturated carbocycles. The Balaban J connectivity index is 2.35. The molecule has 6 nitrogen and oxygen atoms in total. The van der Waals surface area contributed by atoms with Crippen LogP contribution in [0.4, 0.5) is 15.8 Å². The Labute approximate surface area is 162 Å². The Bertz CT molecular complexity index is 919. The molecule has 0 fully saturated rings. The molecule has 1 N–H and O–H groups in total. The van der Waals surface area contributed by atoms with Crippen LogP contribution in [0, 0.1) is 5.82 Å². The molecule has 0 unspecified atom stereocenters. The number of carbonyl (C=O) groups excluding carboxylic acids is 1. The first-order valence-corrected chi connectivity index (χ1v) is 10.3. The summed E-state index contributed by atoms with van der Waals surface area (Å²) in [6, 6.07) is 9.07. The van der Waals surface area contributed by atoms with Gasteiger partial charge in [-0.05, 0) is 48.9 Å². The molecule has 2 aromatic rings. The third kappa shape index (κ3) is 5.11. The minimum absolute atomic E-state index is 0.143. The lowest BCUT2D eigenvalue weighted by Crippen LogP contribution is -2.47. The number of benzene rings is 2. The molecular weight excluding hydrogens is 395 g/mol. The Morgan fingerprint density at radius 1 is 1.26 bits per heavy atom. The molecule has 9 heteroatoms. The molecular formula is C18H20ClFN2O4S. The van der Waals surface area contributed by atoms with Crippen LogP contribution in [0.5, 0.6) is 5.75 Å². The number of halogens is 2. The average Bonchev–Trinajstić information content (AvgIpc) is 2.61. The molecule has 0 aliphatic rings. The van der Waals surface area contributed by atoms with E-state index in [0.717, 1.165) is 16.6 Å². The first-order valence-electron chi connectivity index (χ1n) is 8.06. The molecule has 1 amide bonds. The number of carbonyl (C=O) groups is 1. The van der Waals surface area contributed by atoms with Crippen LogP contribution < -0.4 is 14.4 Å². The highest BCUT2D eigenvalue weighted by Gasteiger charge is 2.31. The zero-order valence-corrected chi connectivity index (χ0v) is 16.6. The highest BCUT2D eigenvalue weighted by atomic mass is 35.5. The second-order valence-electron chi connectivity index (χ2n) is 5.80. The van der Waals surface area contributed by atoms with E-state index >= 15 is 0 Å². The van der Waals surface area contributed by atoms with E-state index in [0.29, 0.717) is 11.4 Å². The molecule has 27 heavy (non-hydrogen) atoms. The molecule has 1 atom stereocenters. The molecule has 0 radical (unpaired) electrons. The van der Waals surface area contributed by atoms with Gasteiger partial charge in [0, 0.05) is 5.69 Å². The van der Waals surface area contributed by atoms with E-state index in [9.17, 15) is 17.6 Å². The Morgan fingerprint density at radius 2 is 1.89 bits per heavy atom. The van der Waals surface area contributed by atoms with E-state index in [1.165, 1.54) is 19.2 Å². The van der Waals surface area contributed by atoms with Gasteiger partial charge in [-0.25, -0.2) is 12.8 Å². The zero-order chi connectivity index (χ0) is 20.2. The van der Waals surface area contributed by atoms with Gasteiger partial charge in [0.15, 0.2) is 0 Å². The summed E-state index contributed by atoms with van der Waals surface area (Å²) in [7, 11) is -2.26. The quantitative estimate of drug-likeness (QED) is 0.750. The maximum atomic E-state index is 13.3. The molecule has 0 aliphatic carbocycles. The molecule has 2 rings (SSSR count). The summed E-state index contributed by atoms with van der Waals surface area (Å²) < 4.78 is 44.2. The Hall–Kier alpha value is -2.32. The number of nitrogens with one attached hydrogen (secondary N) is 1. The van der Waals surface area contributed by atoms with Gasteiger partial charge in [0.25, 0.3) is 0 Å². The van der Waals surface area contributed by atoms with Crippen molar-refractivity contribution >= 4 is 38.9 Å². The summed E-state index contributed by atoms with van der Waals surface area (Å²) in [5.74, 6) is -0.607. The van der Waals surface area contributed by atoms with Gasteiger partial charge in [-0.3, -0.25) is 9.10 Å². The zero-order valence-electron chi connectivity index (χ0n) is 15.1. The lowest BCUT2D eigenvalue weighted by atomic mass is 10.1. The van der Waals surface area contributed by atoms with Gasteiger partial charge in [0.1, 0.15) is 17.6 Å². The number of hydrogen-bond acceptors (Lipinski definition) is 4. The van der Waals surface area contributed by atoms with E-state index < -0.39 is 27.8 Å². The van der Waals surface area contributed by atoms with Gasteiger partial charge in [0.2, 0.25) is 15.9 Å². The van der Waals surface area contributed by atoms with Crippen molar-refractivity contribution < 1.29 is 22.3 Å². The number of methoxy groups -OCH3 is 1. The fraction of sp³-hybridized carbons (Fsp3) is 0.278. The Morgan fingerprint density at radius 3 is 2.37 bits per heavy atom. The third-order valence-corrected chi connectivity index (χ3v) is 5.31. The van der Waals surface area contributed by atoms with Crippen molar-refractivity contribution in [2.75, 3.05) is 23.0 Å². The van der Waals surface area contributed by atoms with Gasteiger partial charge in [-0.15, -0.1) is 0 Å². The molecule has 0 spiro atoms. The summed E-state index contributed by atoms with van der Waals surface area (Å²) in [6.07, 6.45) is 1.25. The summed E-state index contributed by atoms with van der Waals surface area (Å²) >= 11 is 5.73. The molecule has 146 valence electrons. The minimum atomic E-state index is -3.76. The van der Waals surface area contributed by atoms with Crippen molar-refractivity contribution in [1.82, 2.24) is 0 Å². The molecule has 0 saturated heterocycles. The standard InChI is InChI=1S/C18H20ClFN2O4S/c1-4-17(18(23)21-12-5-10-16(20)15(19)11-12)22(27(3,24)25)13-6-8-14(26-2)9-7-13/h5-11,17H,4H2,1-3H3,(H,21,23)/t17-/m1/s1. The molecule has 0 heterocycles.